The number of rotatable bonds is 8. The molecular formula is C21H22ClN3O6S3. The zero-order valence-corrected chi connectivity index (χ0v) is 21.6. The second-order valence-corrected chi connectivity index (χ2v) is 12.2. The highest BCUT2D eigenvalue weighted by Gasteiger charge is 2.39. The summed E-state index contributed by atoms with van der Waals surface area (Å²) in [6, 6.07) is 6.27. The average molecular weight is 544 g/mol. The standard InChI is InChI=1S/C21H22ClN3O6S3/c1-3-31-21(27)16-12-32-18(23-16)9-25-15(11-30-2)8-24(10-19(25)26)34(28,29)20-6-13-4-5-14(22)7-17(13)33-20/h4-7,12,15H,3,8-11H2,1-2H3. The molecule has 0 radical (unpaired) electrons. The summed E-state index contributed by atoms with van der Waals surface area (Å²) in [4.78, 5) is 30.8. The molecular weight excluding hydrogens is 522 g/mol. The SMILES string of the molecule is CCOC(=O)c1csc(CN2C(=O)CN(S(=O)(=O)c3cc4ccc(Cl)cc4s3)CC2COC)n1. The number of thiazole rings is 1. The van der Waals surface area contributed by atoms with Crippen molar-refractivity contribution in [3.05, 3.63) is 45.4 Å². The van der Waals surface area contributed by atoms with E-state index in [2.05, 4.69) is 4.98 Å². The molecule has 34 heavy (non-hydrogen) atoms. The van der Waals surface area contributed by atoms with Crippen LogP contribution in [0.25, 0.3) is 10.1 Å². The van der Waals surface area contributed by atoms with Crippen LogP contribution in [0.5, 0.6) is 0 Å². The van der Waals surface area contributed by atoms with E-state index >= 15 is 0 Å². The molecule has 1 aromatic carbocycles. The molecule has 2 aromatic heterocycles. The number of amides is 1. The van der Waals surface area contributed by atoms with Crippen molar-refractivity contribution in [2.75, 3.05) is 33.4 Å². The van der Waals surface area contributed by atoms with Gasteiger partial charge in [-0.2, -0.15) is 4.31 Å². The fourth-order valence-electron chi connectivity index (χ4n) is 3.64. The van der Waals surface area contributed by atoms with Crippen LogP contribution in [-0.2, 0) is 30.8 Å². The van der Waals surface area contributed by atoms with Crippen molar-refractivity contribution in [1.29, 1.82) is 0 Å². The molecule has 1 aliphatic rings. The molecule has 1 saturated heterocycles. The van der Waals surface area contributed by atoms with Gasteiger partial charge in [0, 0.05) is 28.8 Å². The number of hydrogen-bond acceptors (Lipinski definition) is 9. The first-order valence-corrected chi connectivity index (χ1v) is 13.8. The molecule has 0 N–H and O–H groups in total. The summed E-state index contributed by atoms with van der Waals surface area (Å²) in [5.74, 6) is -0.890. The lowest BCUT2D eigenvalue weighted by atomic mass is 10.2. The predicted octanol–water partition coefficient (Wildman–Crippen LogP) is 3.24. The maximum absolute atomic E-state index is 13.4. The summed E-state index contributed by atoms with van der Waals surface area (Å²) in [5.41, 5.74) is 0.184. The summed E-state index contributed by atoms with van der Waals surface area (Å²) in [7, 11) is -2.40. The third kappa shape index (κ3) is 5.11. The van der Waals surface area contributed by atoms with Crippen LogP contribution >= 0.6 is 34.3 Å². The number of fused-ring (bicyclic) bond motifs is 1. The van der Waals surface area contributed by atoms with Gasteiger partial charge < -0.3 is 14.4 Å². The van der Waals surface area contributed by atoms with E-state index in [4.69, 9.17) is 21.1 Å². The van der Waals surface area contributed by atoms with E-state index in [9.17, 15) is 18.0 Å². The Morgan fingerprint density at radius 2 is 2.12 bits per heavy atom. The number of halogens is 1. The Morgan fingerprint density at radius 1 is 1.32 bits per heavy atom. The van der Waals surface area contributed by atoms with E-state index in [1.807, 2.05) is 0 Å². The van der Waals surface area contributed by atoms with Gasteiger partial charge in [-0.25, -0.2) is 18.2 Å². The van der Waals surface area contributed by atoms with Gasteiger partial charge in [-0.1, -0.05) is 17.7 Å². The Kier molecular flexibility index (Phi) is 7.55. The first-order valence-electron chi connectivity index (χ1n) is 10.3. The van der Waals surface area contributed by atoms with Crippen molar-refractivity contribution in [2.45, 2.75) is 23.7 Å². The van der Waals surface area contributed by atoms with Crippen LogP contribution in [0.4, 0.5) is 0 Å². The van der Waals surface area contributed by atoms with E-state index < -0.39 is 22.0 Å². The van der Waals surface area contributed by atoms with Gasteiger partial charge in [-0.05, 0) is 30.5 Å². The van der Waals surface area contributed by atoms with Crippen molar-refractivity contribution >= 4 is 66.3 Å². The molecule has 182 valence electrons. The summed E-state index contributed by atoms with van der Waals surface area (Å²) >= 11 is 8.39. The monoisotopic (exact) mass is 543 g/mol. The van der Waals surface area contributed by atoms with Gasteiger partial charge in [0.2, 0.25) is 5.91 Å². The molecule has 13 heteroatoms. The van der Waals surface area contributed by atoms with E-state index in [-0.39, 0.29) is 48.7 Å². The Balaban J connectivity index is 1.55. The van der Waals surface area contributed by atoms with Crippen LogP contribution in [0.1, 0.15) is 22.4 Å². The summed E-state index contributed by atoms with van der Waals surface area (Å²) in [6.07, 6.45) is 0. The maximum Gasteiger partial charge on any atom is 0.357 e. The van der Waals surface area contributed by atoms with Crippen LogP contribution in [0.3, 0.4) is 0 Å². The molecule has 1 aliphatic heterocycles. The Labute approximate surface area is 209 Å². The molecule has 0 saturated carbocycles. The second kappa shape index (κ2) is 10.3. The van der Waals surface area contributed by atoms with Gasteiger partial charge in [-0.15, -0.1) is 22.7 Å². The Hall–Kier alpha value is -2.09. The van der Waals surface area contributed by atoms with Crippen molar-refractivity contribution in [1.82, 2.24) is 14.2 Å². The second-order valence-electron chi connectivity index (χ2n) is 7.52. The normalized spacial score (nSPS) is 17.4. The minimum atomic E-state index is -3.90. The fourth-order valence-corrected chi connectivity index (χ4v) is 7.66. The number of piperazine rings is 1. The third-order valence-corrected chi connectivity index (χ3v) is 9.67. The zero-order chi connectivity index (χ0) is 24.5. The number of benzene rings is 1. The smallest absolute Gasteiger partial charge is 0.357 e. The lowest BCUT2D eigenvalue weighted by molar-refractivity contribution is -0.139. The molecule has 0 spiro atoms. The summed E-state index contributed by atoms with van der Waals surface area (Å²) in [5, 5.41) is 3.43. The van der Waals surface area contributed by atoms with Gasteiger partial charge >= 0.3 is 5.97 Å². The Bertz CT molecular complexity index is 1320. The first-order chi connectivity index (χ1) is 16.2. The highest BCUT2D eigenvalue weighted by Crippen LogP contribution is 2.33. The highest BCUT2D eigenvalue weighted by molar-refractivity contribution is 7.91. The van der Waals surface area contributed by atoms with E-state index in [1.165, 1.54) is 22.8 Å². The van der Waals surface area contributed by atoms with Crippen LogP contribution in [0.2, 0.25) is 5.02 Å². The number of methoxy groups -OCH3 is 1. The fraction of sp³-hybridized carbons (Fsp3) is 0.381. The van der Waals surface area contributed by atoms with Crippen molar-refractivity contribution in [2.24, 2.45) is 0 Å². The number of nitrogens with zero attached hydrogens (tertiary/aromatic N) is 3. The molecule has 3 aromatic rings. The zero-order valence-electron chi connectivity index (χ0n) is 18.4. The average Bonchev–Trinajstić information content (AvgIpc) is 3.43. The van der Waals surface area contributed by atoms with Crippen LogP contribution in [0, 0.1) is 0 Å². The van der Waals surface area contributed by atoms with Gasteiger partial charge in [0.05, 0.1) is 32.3 Å². The van der Waals surface area contributed by atoms with E-state index in [0.717, 1.165) is 21.4 Å². The van der Waals surface area contributed by atoms with Gasteiger partial charge in [-0.3, -0.25) is 4.79 Å². The number of esters is 1. The number of thiophene rings is 1. The van der Waals surface area contributed by atoms with Crippen LogP contribution < -0.4 is 0 Å². The predicted molar refractivity (Wildman–Crippen MR) is 130 cm³/mol. The summed E-state index contributed by atoms with van der Waals surface area (Å²) < 4.78 is 39.1. The van der Waals surface area contributed by atoms with Gasteiger partial charge in [0.15, 0.2) is 5.69 Å². The van der Waals surface area contributed by atoms with Crippen LogP contribution in [0.15, 0.2) is 33.9 Å². The highest BCUT2D eigenvalue weighted by atomic mass is 35.5. The molecule has 0 bridgehead atoms. The third-order valence-electron chi connectivity index (χ3n) is 5.24. The molecule has 1 amide bonds. The van der Waals surface area contributed by atoms with Gasteiger partial charge in [0.1, 0.15) is 9.22 Å². The molecule has 0 aliphatic carbocycles. The number of aromatic nitrogens is 1. The number of carbonyl (C=O) groups is 2. The Morgan fingerprint density at radius 3 is 2.85 bits per heavy atom. The molecule has 4 rings (SSSR count). The molecule has 1 fully saturated rings. The molecule has 1 atom stereocenters. The number of ether oxygens (including phenoxy) is 2. The van der Waals surface area contributed by atoms with Crippen molar-refractivity contribution in [3.63, 3.8) is 0 Å². The summed E-state index contributed by atoms with van der Waals surface area (Å²) in [6.45, 7) is 2.02. The number of sulfonamides is 1. The molecule has 9 nitrogen and oxygen atoms in total. The van der Waals surface area contributed by atoms with Crippen molar-refractivity contribution < 1.29 is 27.5 Å². The maximum atomic E-state index is 13.4. The molecule has 1 unspecified atom stereocenters. The quantitative estimate of drug-likeness (QED) is 0.401. The lowest BCUT2D eigenvalue weighted by Gasteiger charge is -2.39. The lowest BCUT2D eigenvalue weighted by Crippen LogP contribution is -2.58. The van der Waals surface area contributed by atoms with E-state index in [0.29, 0.717) is 10.0 Å². The first kappa shape index (κ1) is 25.0. The number of hydrogen-bond donors (Lipinski definition) is 0. The minimum absolute atomic E-state index is 0.0764. The van der Waals surface area contributed by atoms with Gasteiger partial charge in [0.25, 0.3) is 10.0 Å². The molecule has 3 heterocycles. The minimum Gasteiger partial charge on any atom is -0.461 e. The number of carbonyl (C=O) groups excluding carboxylic acids is 2. The van der Waals surface area contributed by atoms with Crippen LogP contribution in [-0.4, -0.2) is 73.9 Å². The topological polar surface area (TPSA) is 106 Å². The largest absolute Gasteiger partial charge is 0.461 e. The van der Waals surface area contributed by atoms with Crippen molar-refractivity contribution in [3.8, 4) is 0 Å². The van der Waals surface area contributed by atoms with E-state index in [1.54, 1.807) is 41.5 Å².